The molecule has 0 rings (SSSR count). The van der Waals surface area contributed by atoms with Crippen LogP contribution in [0.4, 0.5) is 0 Å². The monoisotopic (exact) mass is 338 g/mol. The highest BCUT2D eigenvalue weighted by Gasteiger charge is 1.92. The van der Waals surface area contributed by atoms with Gasteiger partial charge in [0.2, 0.25) is 0 Å². The maximum atomic E-state index is 10.3. The van der Waals surface area contributed by atoms with Gasteiger partial charge < -0.3 is 5.11 Å². The second kappa shape index (κ2) is 23.6. The molecule has 0 aliphatic carbocycles. The predicted octanol–water partition coefficient (Wildman–Crippen LogP) is 6.23. The molecule has 0 amide bonds. The molecule has 0 unspecified atom stereocenters. The number of rotatable bonds is 14. The van der Waals surface area contributed by atoms with Gasteiger partial charge in [-0.1, -0.05) is 68.4 Å². The Bertz CT molecular complexity index is 368. The highest BCUT2D eigenvalue weighted by molar-refractivity contribution is 5.66. The van der Waals surface area contributed by atoms with Crippen molar-refractivity contribution in [1.29, 1.82) is 0 Å². The standard InChI is InChI=1S/C20H32O2.H2O2/c1-2-3-4-5-6-7-8-9-10-11-12-13-14-15-16-17-18-19-20(21)22;1-2/h6-7,9-10,12-13,15-16H,2-5,8,11,14,17-19H2,1H3,(H,21,22);1-2H/b7-6-,10-9-,13-12-,16-15-;. The third kappa shape index (κ3) is 25.3. The summed E-state index contributed by atoms with van der Waals surface area (Å²) >= 11 is 0. The van der Waals surface area contributed by atoms with Crippen molar-refractivity contribution in [2.75, 3.05) is 0 Å². The molecule has 0 saturated carbocycles. The molecule has 0 atom stereocenters. The molecular weight excluding hydrogens is 304 g/mol. The second-order valence-corrected chi connectivity index (χ2v) is 5.37. The van der Waals surface area contributed by atoms with Gasteiger partial charge in [-0.05, 0) is 44.9 Å². The van der Waals surface area contributed by atoms with Crippen LogP contribution < -0.4 is 0 Å². The molecule has 0 saturated heterocycles. The van der Waals surface area contributed by atoms with Gasteiger partial charge in [0.1, 0.15) is 0 Å². The van der Waals surface area contributed by atoms with Crippen LogP contribution in [-0.4, -0.2) is 21.6 Å². The lowest BCUT2D eigenvalue weighted by Gasteiger charge is -1.90. The van der Waals surface area contributed by atoms with Crippen molar-refractivity contribution in [2.45, 2.75) is 71.1 Å². The van der Waals surface area contributed by atoms with Gasteiger partial charge in [-0.15, -0.1) is 0 Å². The summed E-state index contributed by atoms with van der Waals surface area (Å²) in [5.41, 5.74) is 0. The number of hydrogen-bond acceptors (Lipinski definition) is 3. The zero-order valence-corrected chi connectivity index (χ0v) is 14.9. The molecule has 4 nitrogen and oxygen atoms in total. The van der Waals surface area contributed by atoms with Crippen LogP contribution in [0.5, 0.6) is 0 Å². The fraction of sp³-hybridized carbons (Fsp3) is 0.550. The van der Waals surface area contributed by atoms with E-state index in [4.69, 9.17) is 15.6 Å². The Morgan fingerprint density at radius 3 is 1.54 bits per heavy atom. The zero-order chi connectivity index (χ0) is 18.3. The number of carboxylic acid groups (broad SMARTS) is 1. The molecule has 4 heteroatoms. The van der Waals surface area contributed by atoms with Gasteiger partial charge in [-0.2, -0.15) is 0 Å². The van der Waals surface area contributed by atoms with Gasteiger partial charge in [0, 0.05) is 6.42 Å². The van der Waals surface area contributed by atoms with E-state index in [9.17, 15) is 4.79 Å². The summed E-state index contributed by atoms with van der Waals surface area (Å²) in [6.45, 7) is 2.23. The normalized spacial score (nSPS) is 11.6. The SMILES string of the molecule is CCCCC/C=C\C/C=C\C/C=C\C/C=C\CCCC(=O)O.OO. The lowest BCUT2D eigenvalue weighted by Crippen LogP contribution is -1.92. The molecule has 0 heterocycles. The number of allylic oxidation sites excluding steroid dienone is 8. The molecule has 0 aliphatic heterocycles. The van der Waals surface area contributed by atoms with E-state index in [2.05, 4.69) is 55.5 Å². The molecule has 0 bridgehead atoms. The molecule has 0 aromatic carbocycles. The number of hydrogen-bond donors (Lipinski definition) is 3. The van der Waals surface area contributed by atoms with Crippen molar-refractivity contribution >= 4 is 5.97 Å². The van der Waals surface area contributed by atoms with Crippen LogP contribution in [0.1, 0.15) is 71.1 Å². The number of carbonyl (C=O) groups is 1. The van der Waals surface area contributed by atoms with E-state index < -0.39 is 5.97 Å². The first-order chi connectivity index (χ1) is 11.8. The highest BCUT2D eigenvalue weighted by Crippen LogP contribution is 2.01. The lowest BCUT2D eigenvalue weighted by atomic mass is 10.2. The highest BCUT2D eigenvalue weighted by atomic mass is 17.0. The summed E-state index contributed by atoms with van der Waals surface area (Å²) < 4.78 is 0. The average molecular weight is 338 g/mol. The van der Waals surface area contributed by atoms with Crippen molar-refractivity contribution in [3.05, 3.63) is 48.6 Å². The van der Waals surface area contributed by atoms with Crippen LogP contribution in [0.15, 0.2) is 48.6 Å². The van der Waals surface area contributed by atoms with Gasteiger partial charge >= 0.3 is 5.97 Å². The first-order valence-corrected chi connectivity index (χ1v) is 8.79. The first kappa shape index (κ1) is 24.6. The number of aliphatic carboxylic acids is 1. The second-order valence-electron chi connectivity index (χ2n) is 5.37. The average Bonchev–Trinajstić information content (AvgIpc) is 2.59. The minimum Gasteiger partial charge on any atom is -0.481 e. The van der Waals surface area contributed by atoms with E-state index in [0.717, 1.165) is 32.1 Å². The van der Waals surface area contributed by atoms with Gasteiger partial charge in [-0.25, -0.2) is 0 Å². The topological polar surface area (TPSA) is 77.8 Å². The summed E-state index contributed by atoms with van der Waals surface area (Å²) in [5, 5.41) is 20.5. The van der Waals surface area contributed by atoms with Gasteiger partial charge in [-0.3, -0.25) is 15.3 Å². The summed E-state index contributed by atoms with van der Waals surface area (Å²) in [5.74, 6) is -0.712. The molecule has 0 aromatic heterocycles. The van der Waals surface area contributed by atoms with E-state index in [0.29, 0.717) is 0 Å². The third-order valence-corrected chi connectivity index (χ3v) is 3.22. The fourth-order valence-corrected chi connectivity index (χ4v) is 1.93. The van der Waals surface area contributed by atoms with Gasteiger partial charge in [0.15, 0.2) is 0 Å². The third-order valence-electron chi connectivity index (χ3n) is 3.22. The maximum Gasteiger partial charge on any atom is 0.303 e. The Morgan fingerprint density at radius 1 is 0.708 bits per heavy atom. The summed E-state index contributed by atoms with van der Waals surface area (Å²) in [4.78, 5) is 10.3. The van der Waals surface area contributed by atoms with E-state index >= 15 is 0 Å². The molecule has 0 aromatic rings. The molecular formula is C20H34O4. The molecule has 138 valence electrons. The van der Waals surface area contributed by atoms with Crippen molar-refractivity contribution in [3.63, 3.8) is 0 Å². The van der Waals surface area contributed by atoms with Crippen LogP contribution in [0, 0.1) is 0 Å². The van der Waals surface area contributed by atoms with Crippen LogP contribution in [-0.2, 0) is 4.79 Å². The smallest absolute Gasteiger partial charge is 0.303 e. The first-order valence-electron chi connectivity index (χ1n) is 8.79. The number of unbranched alkanes of at least 4 members (excludes halogenated alkanes) is 4. The maximum absolute atomic E-state index is 10.3. The predicted molar refractivity (Wildman–Crippen MR) is 101 cm³/mol. The van der Waals surface area contributed by atoms with Crippen molar-refractivity contribution in [1.82, 2.24) is 0 Å². The lowest BCUT2D eigenvalue weighted by molar-refractivity contribution is -0.176. The van der Waals surface area contributed by atoms with E-state index in [-0.39, 0.29) is 6.42 Å². The van der Waals surface area contributed by atoms with Gasteiger partial charge in [0.25, 0.3) is 0 Å². The van der Waals surface area contributed by atoms with Gasteiger partial charge in [0.05, 0.1) is 0 Å². The Labute approximate surface area is 146 Å². The largest absolute Gasteiger partial charge is 0.481 e. The molecule has 24 heavy (non-hydrogen) atoms. The molecule has 0 fully saturated rings. The molecule has 3 N–H and O–H groups in total. The Balaban J connectivity index is 0. The van der Waals surface area contributed by atoms with Crippen LogP contribution >= 0.6 is 0 Å². The van der Waals surface area contributed by atoms with Crippen molar-refractivity contribution in [2.24, 2.45) is 0 Å². The van der Waals surface area contributed by atoms with Crippen LogP contribution in [0.3, 0.4) is 0 Å². The van der Waals surface area contributed by atoms with E-state index in [1.165, 1.54) is 25.7 Å². The van der Waals surface area contributed by atoms with E-state index in [1.54, 1.807) is 0 Å². The molecule has 0 radical (unpaired) electrons. The summed E-state index contributed by atoms with van der Waals surface area (Å²) in [6, 6.07) is 0. The Hall–Kier alpha value is -1.65. The minimum absolute atomic E-state index is 0.262. The summed E-state index contributed by atoms with van der Waals surface area (Å²) in [6.07, 6.45) is 27.3. The molecule has 0 spiro atoms. The zero-order valence-electron chi connectivity index (χ0n) is 14.9. The van der Waals surface area contributed by atoms with Crippen LogP contribution in [0.25, 0.3) is 0 Å². The quantitative estimate of drug-likeness (QED) is 0.152. The fourth-order valence-electron chi connectivity index (χ4n) is 1.93. The Morgan fingerprint density at radius 2 is 1.12 bits per heavy atom. The van der Waals surface area contributed by atoms with E-state index in [1.807, 2.05) is 0 Å². The molecule has 0 aliphatic rings. The Kier molecular flexibility index (Phi) is 24.2. The number of carboxylic acids is 1. The van der Waals surface area contributed by atoms with Crippen molar-refractivity contribution in [3.8, 4) is 0 Å². The van der Waals surface area contributed by atoms with Crippen LogP contribution in [0.2, 0.25) is 0 Å². The summed E-state index contributed by atoms with van der Waals surface area (Å²) in [7, 11) is 0. The van der Waals surface area contributed by atoms with Crippen molar-refractivity contribution < 1.29 is 20.4 Å². The minimum atomic E-state index is -0.712.